The van der Waals surface area contributed by atoms with Crippen molar-refractivity contribution in [3.8, 4) is 11.5 Å². The van der Waals surface area contributed by atoms with E-state index in [1.54, 1.807) is 42.5 Å². The average Bonchev–Trinajstić information content (AvgIpc) is 3.13. The summed E-state index contributed by atoms with van der Waals surface area (Å²) >= 11 is 12.0. The van der Waals surface area contributed by atoms with Crippen molar-refractivity contribution in [1.82, 2.24) is 4.98 Å². The number of rotatable bonds is 4. The first-order valence-electron chi connectivity index (χ1n) is 8.48. The van der Waals surface area contributed by atoms with Gasteiger partial charge in [-0.15, -0.1) is 0 Å². The minimum atomic E-state index is -0.226. The molecule has 0 radical (unpaired) electrons. The Balaban J connectivity index is 1.53. The number of anilines is 1. The summed E-state index contributed by atoms with van der Waals surface area (Å²) in [6.45, 7) is 0. The third-order valence-corrected chi connectivity index (χ3v) is 4.79. The van der Waals surface area contributed by atoms with E-state index in [4.69, 9.17) is 27.6 Å². The molecule has 0 spiro atoms. The zero-order valence-corrected chi connectivity index (χ0v) is 16.0. The lowest BCUT2D eigenvalue weighted by Crippen LogP contribution is -2.07. The van der Waals surface area contributed by atoms with Gasteiger partial charge in [0.25, 0.3) is 0 Å². The number of fused-ring (bicyclic) bond motifs is 1. The van der Waals surface area contributed by atoms with E-state index in [9.17, 15) is 4.79 Å². The van der Waals surface area contributed by atoms with Gasteiger partial charge in [-0.1, -0.05) is 53.5 Å². The van der Waals surface area contributed by atoms with E-state index in [1.807, 2.05) is 30.3 Å². The highest BCUT2D eigenvalue weighted by Gasteiger charge is 2.11. The Morgan fingerprint density at radius 1 is 0.964 bits per heavy atom. The van der Waals surface area contributed by atoms with Crippen LogP contribution in [0.2, 0.25) is 10.0 Å². The number of nitrogens with zero attached hydrogens (tertiary/aromatic N) is 1. The second-order valence-corrected chi connectivity index (χ2v) is 6.88. The first-order valence-corrected chi connectivity index (χ1v) is 9.24. The van der Waals surface area contributed by atoms with Crippen LogP contribution in [0.25, 0.3) is 28.6 Å². The van der Waals surface area contributed by atoms with Gasteiger partial charge in [0.1, 0.15) is 5.52 Å². The van der Waals surface area contributed by atoms with E-state index in [0.29, 0.717) is 32.7 Å². The third-order valence-electron chi connectivity index (χ3n) is 4.05. The van der Waals surface area contributed by atoms with Crippen LogP contribution in [0.3, 0.4) is 0 Å². The molecule has 6 heteroatoms. The van der Waals surface area contributed by atoms with Gasteiger partial charge in [0.2, 0.25) is 11.8 Å². The Bertz CT molecular complexity index is 1180. The Labute approximate surface area is 171 Å². The van der Waals surface area contributed by atoms with Crippen LogP contribution in [0.4, 0.5) is 5.69 Å². The molecule has 0 fully saturated rings. The summed E-state index contributed by atoms with van der Waals surface area (Å²) < 4.78 is 5.77. The highest BCUT2D eigenvalue weighted by Crippen LogP contribution is 2.30. The molecule has 4 aromatic rings. The van der Waals surface area contributed by atoms with Crippen molar-refractivity contribution in [2.75, 3.05) is 5.32 Å². The Morgan fingerprint density at radius 3 is 2.57 bits per heavy atom. The van der Waals surface area contributed by atoms with Crippen LogP contribution in [0.1, 0.15) is 5.56 Å². The second kappa shape index (κ2) is 7.89. The molecule has 0 bridgehead atoms. The summed E-state index contributed by atoms with van der Waals surface area (Å²) in [7, 11) is 0. The number of nitrogens with one attached hydrogen (secondary N) is 1. The van der Waals surface area contributed by atoms with Gasteiger partial charge in [0.05, 0.1) is 10.0 Å². The molecule has 138 valence electrons. The van der Waals surface area contributed by atoms with Gasteiger partial charge in [-0.05, 0) is 48.0 Å². The molecule has 0 unspecified atom stereocenters. The molecule has 1 amide bonds. The number of hydrogen-bond acceptors (Lipinski definition) is 3. The number of halogens is 2. The van der Waals surface area contributed by atoms with Crippen molar-refractivity contribution in [1.29, 1.82) is 0 Å². The SMILES string of the molecule is O=C(/C=C/c1ccccc1)Nc1ccc2oc(-c3ccc(Cl)c(Cl)c3)nc2c1. The van der Waals surface area contributed by atoms with E-state index in [-0.39, 0.29) is 5.91 Å². The zero-order chi connectivity index (χ0) is 19.5. The Hall–Kier alpha value is -3.08. The highest BCUT2D eigenvalue weighted by molar-refractivity contribution is 6.42. The summed E-state index contributed by atoms with van der Waals surface area (Å²) in [4.78, 5) is 16.6. The van der Waals surface area contributed by atoms with Crippen LogP contribution in [-0.2, 0) is 4.79 Å². The van der Waals surface area contributed by atoms with Crippen molar-refractivity contribution in [2.24, 2.45) is 0 Å². The van der Waals surface area contributed by atoms with Crippen LogP contribution in [-0.4, -0.2) is 10.9 Å². The van der Waals surface area contributed by atoms with Crippen molar-refractivity contribution in [2.45, 2.75) is 0 Å². The number of carbonyl (C=O) groups is 1. The fraction of sp³-hybridized carbons (Fsp3) is 0. The van der Waals surface area contributed by atoms with Gasteiger partial charge in [0.15, 0.2) is 5.58 Å². The molecule has 0 aliphatic heterocycles. The van der Waals surface area contributed by atoms with Crippen molar-refractivity contribution in [3.63, 3.8) is 0 Å². The molecule has 0 saturated heterocycles. The van der Waals surface area contributed by atoms with Gasteiger partial charge in [0, 0.05) is 17.3 Å². The second-order valence-electron chi connectivity index (χ2n) is 6.06. The van der Waals surface area contributed by atoms with Gasteiger partial charge >= 0.3 is 0 Å². The number of amides is 1. The van der Waals surface area contributed by atoms with E-state index in [2.05, 4.69) is 10.3 Å². The first kappa shape index (κ1) is 18.3. The molecule has 0 aliphatic carbocycles. The average molecular weight is 409 g/mol. The van der Waals surface area contributed by atoms with Gasteiger partial charge < -0.3 is 9.73 Å². The molecule has 4 rings (SSSR count). The molecule has 1 N–H and O–H groups in total. The van der Waals surface area contributed by atoms with Crippen molar-refractivity contribution >= 4 is 52.0 Å². The third kappa shape index (κ3) is 4.09. The standard InChI is InChI=1S/C22H14Cl2N2O2/c23-17-9-7-15(12-18(17)24)22-26-19-13-16(8-10-20(19)28-22)25-21(27)11-6-14-4-2-1-3-5-14/h1-13H,(H,25,27)/b11-6+. The smallest absolute Gasteiger partial charge is 0.248 e. The van der Waals surface area contributed by atoms with Crippen molar-refractivity contribution < 1.29 is 9.21 Å². The zero-order valence-electron chi connectivity index (χ0n) is 14.5. The topological polar surface area (TPSA) is 55.1 Å². The molecule has 4 nitrogen and oxygen atoms in total. The summed E-state index contributed by atoms with van der Waals surface area (Å²) in [6, 6.07) is 20.1. The number of oxazole rings is 1. The molecule has 3 aromatic carbocycles. The van der Waals surface area contributed by atoms with Crippen LogP contribution < -0.4 is 5.32 Å². The van der Waals surface area contributed by atoms with Gasteiger partial charge in [-0.3, -0.25) is 4.79 Å². The minimum absolute atomic E-state index is 0.226. The summed E-state index contributed by atoms with van der Waals surface area (Å²) in [6.07, 6.45) is 3.25. The summed E-state index contributed by atoms with van der Waals surface area (Å²) in [5.41, 5.74) is 3.55. The van der Waals surface area contributed by atoms with E-state index < -0.39 is 0 Å². The van der Waals surface area contributed by atoms with E-state index in [1.165, 1.54) is 6.08 Å². The Kier molecular flexibility index (Phi) is 5.15. The maximum Gasteiger partial charge on any atom is 0.248 e. The van der Waals surface area contributed by atoms with E-state index in [0.717, 1.165) is 11.1 Å². The quantitative estimate of drug-likeness (QED) is 0.394. The fourth-order valence-electron chi connectivity index (χ4n) is 2.68. The monoisotopic (exact) mass is 408 g/mol. The molecule has 1 aromatic heterocycles. The molecule has 28 heavy (non-hydrogen) atoms. The molecule has 1 heterocycles. The summed E-state index contributed by atoms with van der Waals surface area (Å²) in [5, 5.41) is 3.72. The largest absolute Gasteiger partial charge is 0.436 e. The fourth-order valence-corrected chi connectivity index (χ4v) is 2.98. The predicted octanol–water partition coefficient (Wildman–Crippen LogP) is 6.45. The molecular weight excluding hydrogens is 395 g/mol. The first-order chi connectivity index (χ1) is 13.6. The number of hydrogen-bond donors (Lipinski definition) is 1. The number of aromatic nitrogens is 1. The predicted molar refractivity (Wildman–Crippen MR) is 114 cm³/mol. The number of carbonyl (C=O) groups excluding carboxylic acids is 1. The van der Waals surface area contributed by atoms with Gasteiger partial charge in [-0.2, -0.15) is 0 Å². The van der Waals surface area contributed by atoms with Crippen LogP contribution in [0.5, 0.6) is 0 Å². The lowest BCUT2D eigenvalue weighted by Gasteiger charge is -2.01. The maximum atomic E-state index is 12.1. The lowest BCUT2D eigenvalue weighted by molar-refractivity contribution is -0.111. The van der Waals surface area contributed by atoms with Crippen LogP contribution in [0, 0.1) is 0 Å². The number of benzene rings is 3. The highest BCUT2D eigenvalue weighted by atomic mass is 35.5. The van der Waals surface area contributed by atoms with Gasteiger partial charge in [-0.25, -0.2) is 4.98 Å². The normalized spacial score (nSPS) is 11.2. The Morgan fingerprint density at radius 2 is 1.79 bits per heavy atom. The lowest BCUT2D eigenvalue weighted by atomic mass is 10.2. The van der Waals surface area contributed by atoms with E-state index >= 15 is 0 Å². The van der Waals surface area contributed by atoms with Crippen molar-refractivity contribution in [3.05, 3.63) is 88.4 Å². The summed E-state index contributed by atoms with van der Waals surface area (Å²) in [5.74, 6) is 0.206. The maximum absolute atomic E-state index is 12.1. The molecule has 0 aliphatic rings. The molecular formula is C22H14Cl2N2O2. The molecule has 0 saturated carbocycles. The molecule has 0 atom stereocenters. The van der Waals surface area contributed by atoms with Crippen LogP contribution in [0.15, 0.2) is 77.2 Å². The minimum Gasteiger partial charge on any atom is -0.436 e. The van der Waals surface area contributed by atoms with Crippen LogP contribution >= 0.6 is 23.2 Å².